The number of hydrogen-bond donors (Lipinski definition) is 1. The Morgan fingerprint density at radius 2 is 1.83 bits per heavy atom. The van der Waals surface area contributed by atoms with Crippen molar-refractivity contribution in [3.63, 3.8) is 0 Å². The lowest BCUT2D eigenvalue weighted by Crippen LogP contribution is -2.45. The molecular formula is C23H28FN5O5S. The fourth-order valence-electron chi connectivity index (χ4n) is 5.43. The maximum atomic E-state index is 14.4. The minimum absolute atomic E-state index is 0.0412. The highest BCUT2D eigenvalue weighted by molar-refractivity contribution is 7.88. The average molecular weight is 506 g/mol. The number of nitrogens with zero attached hydrogens (tertiary/aromatic N) is 5. The van der Waals surface area contributed by atoms with Gasteiger partial charge < -0.3 is 10.0 Å². The monoisotopic (exact) mass is 505 g/mol. The fraction of sp³-hybridized carbons (Fsp3) is 0.565. The minimum Gasteiger partial charge on any atom is -0.478 e. The Kier molecular flexibility index (Phi) is 6.12. The van der Waals surface area contributed by atoms with E-state index in [0.29, 0.717) is 62.9 Å². The van der Waals surface area contributed by atoms with Crippen LogP contribution in [0.2, 0.25) is 0 Å². The van der Waals surface area contributed by atoms with Gasteiger partial charge in [-0.1, -0.05) is 5.21 Å². The molecule has 10 nitrogen and oxygen atoms in total. The van der Waals surface area contributed by atoms with Crippen LogP contribution in [0.25, 0.3) is 0 Å². The van der Waals surface area contributed by atoms with Gasteiger partial charge in [0.25, 0.3) is 0 Å². The molecule has 0 unspecified atom stereocenters. The Morgan fingerprint density at radius 3 is 2.49 bits per heavy atom. The molecule has 5 rings (SSSR count). The second kappa shape index (κ2) is 8.98. The van der Waals surface area contributed by atoms with Crippen molar-refractivity contribution in [2.45, 2.75) is 50.6 Å². The van der Waals surface area contributed by atoms with E-state index >= 15 is 0 Å². The number of aromatic nitrogens is 3. The Morgan fingerprint density at radius 1 is 1.11 bits per heavy atom. The van der Waals surface area contributed by atoms with Crippen molar-refractivity contribution in [2.75, 3.05) is 25.9 Å². The van der Waals surface area contributed by atoms with E-state index in [2.05, 4.69) is 10.3 Å². The Bertz CT molecular complexity index is 1270. The van der Waals surface area contributed by atoms with Crippen LogP contribution >= 0.6 is 0 Å². The molecule has 2 aliphatic heterocycles. The summed E-state index contributed by atoms with van der Waals surface area (Å²) in [5.41, 5.74) is 1.72. The summed E-state index contributed by atoms with van der Waals surface area (Å²) in [5, 5.41) is 17.9. The van der Waals surface area contributed by atoms with Gasteiger partial charge in [-0.25, -0.2) is 26.6 Å². The molecule has 1 aromatic carbocycles. The summed E-state index contributed by atoms with van der Waals surface area (Å²) >= 11 is 0. The standard InChI is InChI=1S/C23H28FN5O5S/c1-35(33,34)28-8-4-14(5-9-28)21-13-29(26-25-21)16-10-15(11-16)22(30)27-7-6-17-18(23(31)32)2-3-20(24)19(17)12-27/h2-3,13-16H,4-12H2,1H3,(H,31,32). The number of carbonyl (C=O) groups is 2. The number of carbonyl (C=O) groups excluding carboxylic acids is 1. The van der Waals surface area contributed by atoms with E-state index in [1.165, 1.54) is 16.6 Å². The van der Waals surface area contributed by atoms with Crippen molar-refractivity contribution in [2.24, 2.45) is 5.92 Å². The number of halogens is 1. The van der Waals surface area contributed by atoms with Gasteiger partial charge in [-0.3, -0.25) is 4.79 Å². The molecule has 1 N–H and O–H groups in total. The van der Waals surface area contributed by atoms with E-state index in [9.17, 15) is 27.5 Å². The molecule has 12 heteroatoms. The maximum absolute atomic E-state index is 14.4. The summed E-state index contributed by atoms with van der Waals surface area (Å²) in [5.74, 6) is -1.63. The van der Waals surface area contributed by atoms with Gasteiger partial charge in [0.15, 0.2) is 0 Å². The summed E-state index contributed by atoms with van der Waals surface area (Å²) < 4.78 is 41.1. The summed E-state index contributed by atoms with van der Waals surface area (Å²) in [6.45, 7) is 1.41. The van der Waals surface area contributed by atoms with Gasteiger partial charge in [0.05, 0.1) is 23.6 Å². The van der Waals surface area contributed by atoms with E-state index in [4.69, 9.17) is 0 Å². The van der Waals surface area contributed by atoms with E-state index in [0.717, 1.165) is 11.8 Å². The zero-order valence-corrected chi connectivity index (χ0v) is 20.2. The highest BCUT2D eigenvalue weighted by atomic mass is 32.2. The zero-order valence-electron chi connectivity index (χ0n) is 19.4. The van der Waals surface area contributed by atoms with Crippen LogP contribution in [-0.2, 0) is 27.8 Å². The molecule has 1 aromatic heterocycles. The van der Waals surface area contributed by atoms with Crippen LogP contribution in [0.5, 0.6) is 0 Å². The van der Waals surface area contributed by atoms with Crippen molar-refractivity contribution in [3.8, 4) is 0 Å². The van der Waals surface area contributed by atoms with E-state index in [-0.39, 0.29) is 35.9 Å². The van der Waals surface area contributed by atoms with Crippen molar-refractivity contribution >= 4 is 21.9 Å². The third kappa shape index (κ3) is 4.56. The minimum atomic E-state index is -3.17. The number of benzene rings is 1. The van der Waals surface area contributed by atoms with Crippen molar-refractivity contribution in [1.29, 1.82) is 0 Å². The largest absolute Gasteiger partial charge is 0.478 e. The summed E-state index contributed by atoms with van der Waals surface area (Å²) in [6.07, 6.45) is 6.10. The number of sulfonamides is 1. The molecular weight excluding hydrogens is 477 g/mol. The molecule has 0 spiro atoms. The second-order valence-electron chi connectivity index (χ2n) is 9.75. The lowest BCUT2D eigenvalue weighted by molar-refractivity contribution is -0.140. The molecule has 1 saturated heterocycles. The van der Waals surface area contributed by atoms with Gasteiger partial charge >= 0.3 is 5.97 Å². The third-order valence-electron chi connectivity index (χ3n) is 7.60. The van der Waals surface area contributed by atoms with E-state index < -0.39 is 21.8 Å². The van der Waals surface area contributed by atoms with Crippen LogP contribution in [0, 0.1) is 11.7 Å². The molecule has 2 fully saturated rings. The molecule has 3 heterocycles. The molecule has 1 saturated carbocycles. The molecule has 188 valence electrons. The van der Waals surface area contributed by atoms with Crippen LogP contribution in [0.4, 0.5) is 4.39 Å². The third-order valence-corrected chi connectivity index (χ3v) is 8.91. The second-order valence-corrected chi connectivity index (χ2v) is 11.7. The number of aromatic carboxylic acids is 1. The zero-order chi connectivity index (χ0) is 24.9. The Hall–Kier alpha value is -2.86. The van der Waals surface area contributed by atoms with Crippen molar-refractivity contribution < 1.29 is 27.5 Å². The first kappa shape index (κ1) is 23.9. The molecule has 0 atom stereocenters. The Labute approximate surface area is 202 Å². The summed E-state index contributed by atoms with van der Waals surface area (Å²) in [6, 6.07) is 2.50. The maximum Gasteiger partial charge on any atom is 0.335 e. The summed E-state index contributed by atoms with van der Waals surface area (Å²) in [7, 11) is -3.17. The number of carboxylic acids is 1. The first-order chi connectivity index (χ1) is 16.6. The highest BCUT2D eigenvalue weighted by Gasteiger charge is 2.40. The van der Waals surface area contributed by atoms with E-state index in [1.54, 1.807) is 9.58 Å². The fourth-order valence-corrected chi connectivity index (χ4v) is 6.30. The Balaban J connectivity index is 1.17. The van der Waals surface area contributed by atoms with Crippen LogP contribution in [0.1, 0.15) is 64.8 Å². The van der Waals surface area contributed by atoms with Crippen LogP contribution in [-0.4, -0.2) is 75.5 Å². The first-order valence-electron chi connectivity index (χ1n) is 11.8. The number of piperidine rings is 1. The highest BCUT2D eigenvalue weighted by Crippen LogP contribution is 2.40. The molecule has 2 aromatic rings. The molecule has 3 aliphatic rings. The smallest absolute Gasteiger partial charge is 0.335 e. The summed E-state index contributed by atoms with van der Waals surface area (Å²) in [4.78, 5) is 26.1. The van der Waals surface area contributed by atoms with Gasteiger partial charge in [0.1, 0.15) is 5.82 Å². The van der Waals surface area contributed by atoms with Gasteiger partial charge in [-0.05, 0) is 49.8 Å². The topological polar surface area (TPSA) is 126 Å². The predicted molar refractivity (Wildman–Crippen MR) is 123 cm³/mol. The van der Waals surface area contributed by atoms with E-state index in [1.807, 2.05) is 6.20 Å². The predicted octanol–water partition coefficient (Wildman–Crippen LogP) is 1.79. The quantitative estimate of drug-likeness (QED) is 0.657. The molecule has 0 radical (unpaired) electrons. The molecule has 35 heavy (non-hydrogen) atoms. The van der Waals surface area contributed by atoms with Gasteiger partial charge in [0, 0.05) is 49.8 Å². The first-order valence-corrected chi connectivity index (χ1v) is 13.7. The molecule has 1 amide bonds. The number of fused-ring (bicyclic) bond motifs is 1. The van der Waals surface area contributed by atoms with Crippen LogP contribution in [0.3, 0.4) is 0 Å². The van der Waals surface area contributed by atoms with Gasteiger partial charge in [-0.2, -0.15) is 0 Å². The average Bonchev–Trinajstić information content (AvgIpc) is 3.27. The molecule has 1 aliphatic carbocycles. The SMILES string of the molecule is CS(=O)(=O)N1CCC(c2cn(C3CC(C(=O)N4CCc5c(C(=O)O)ccc(F)c5C4)C3)nn2)CC1. The number of rotatable bonds is 5. The van der Waals surface area contributed by atoms with Crippen molar-refractivity contribution in [1.82, 2.24) is 24.2 Å². The van der Waals surface area contributed by atoms with Crippen LogP contribution < -0.4 is 0 Å². The number of carboxylic acid groups (broad SMARTS) is 1. The number of amides is 1. The lowest BCUT2D eigenvalue weighted by atomic mass is 9.79. The van der Waals surface area contributed by atoms with Crippen LogP contribution in [0.15, 0.2) is 18.3 Å². The van der Waals surface area contributed by atoms with Crippen molar-refractivity contribution in [3.05, 3.63) is 46.5 Å². The normalized spacial score (nSPS) is 23.5. The van der Waals surface area contributed by atoms with Gasteiger partial charge in [0.2, 0.25) is 15.9 Å². The lowest BCUT2D eigenvalue weighted by Gasteiger charge is -2.39. The van der Waals surface area contributed by atoms with Gasteiger partial charge in [-0.15, -0.1) is 5.10 Å². The molecule has 0 bridgehead atoms. The number of hydrogen-bond acceptors (Lipinski definition) is 6.